The van der Waals surface area contributed by atoms with Crippen LogP contribution in [0.25, 0.3) is 10.8 Å². The van der Waals surface area contributed by atoms with E-state index in [1.807, 2.05) is 60.8 Å². The van der Waals surface area contributed by atoms with E-state index in [4.69, 9.17) is 4.74 Å². The van der Waals surface area contributed by atoms with Crippen LogP contribution >= 0.6 is 0 Å². The Bertz CT molecular complexity index is 1290. The van der Waals surface area contributed by atoms with E-state index in [1.165, 1.54) is 5.56 Å². The summed E-state index contributed by atoms with van der Waals surface area (Å²) in [6.45, 7) is 1.18. The minimum absolute atomic E-state index is 0.0685. The van der Waals surface area contributed by atoms with E-state index in [9.17, 15) is 9.59 Å². The highest BCUT2D eigenvalue weighted by Crippen LogP contribution is 2.20. The smallest absolute Gasteiger partial charge is 0.338 e. The minimum Gasteiger partial charge on any atom is -0.460 e. The van der Waals surface area contributed by atoms with Gasteiger partial charge >= 0.3 is 5.97 Å². The topological polar surface area (TPSA) is 85.2 Å². The molecule has 4 aromatic rings. The van der Waals surface area contributed by atoms with E-state index >= 15 is 0 Å². The molecule has 2 N–H and O–H groups in total. The van der Waals surface area contributed by atoms with Gasteiger partial charge in [-0.25, -0.2) is 4.79 Å². The van der Waals surface area contributed by atoms with Crippen LogP contribution in [0.1, 0.15) is 26.4 Å². The van der Waals surface area contributed by atoms with Gasteiger partial charge in [-0.1, -0.05) is 66.7 Å². The summed E-state index contributed by atoms with van der Waals surface area (Å²) in [5.41, 5.74) is 2.77. The number of carbonyl (C=O) groups is 2. The molecule has 166 valence electrons. The number of hydrogen-bond donors (Lipinski definition) is 2. The van der Waals surface area contributed by atoms with E-state index in [1.54, 1.807) is 10.7 Å². The van der Waals surface area contributed by atoms with Gasteiger partial charge in [0.15, 0.2) is 5.69 Å². The molecule has 1 aliphatic rings. The highest BCUT2D eigenvalue weighted by Gasteiger charge is 2.25. The number of hydrogen-bond acceptors (Lipinski definition) is 5. The maximum absolute atomic E-state index is 12.7. The number of rotatable bonds is 6. The van der Waals surface area contributed by atoms with Crippen LogP contribution in [0.4, 0.5) is 5.69 Å². The third-order valence-electron chi connectivity index (χ3n) is 5.75. The molecule has 0 fully saturated rings. The van der Waals surface area contributed by atoms with Crippen LogP contribution in [0.15, 0.2) is 79.0 Å². The lowest BCUT2D eigenvalue weighted by Gasteiger charge is -2.16. The highest BCUT2D eigenvalue weighted by molar-refractivity contribution is 6.04. The first-order valence-corrected chi connectivity index (χ1v) is 11.0. The van der Waals surface area contributed by atoms with E-state index in [0.29, 0.717) is 30.0 Å². The molecule has 33 heavy (non-hydrogen) atoms. The van der Waals surface area contributed by atoms with Crippen LogP contribution in [-0.4, -0.2) is 40.9 Å². The number of nitrogens with one attached hydrogen (secondary N) is 2. The van der Waals surface area contributed by atoms with Gasteiger partial charge in [-0.05, 0) is 28.8 Å². The number of nitrogens with zero attached hydrogens (tertiary/aromatic N) is 2. The first kappa shape index (κ1) is 20.8. The number of amides is 1. The number of ether oxygens (including phenoxy) is 1. The van der Waals surface area contributed by atoms with Gasteiger partial charge in [0.1, 0.15) is 6.61 Å². The monoisotopic (exact) mass is 440 g/mol. The largest absolute Gasteiger partial charge is 0.460 e. The summed E-state index contributed by atoms with van der Waals surface area (Å²) in [4.78, 5) is 25.4. The molecule has 0 spiro atoms. The van der Waals surface area contributed by atoms with Crippen molar-refractivity contribution < 1.29 is 14.3 Å². The Hall–Kier alpha value is -4.13. The SMILES string of the molecule is O=C1N[C@@H](COC(=O)c2cccc3ccccc23)CNc2cn(CCc3ccccc3)nc21. The zero-order chi connectivity index (χ0) is 22.6. The third-order valence-corrected chi connectivity index (χ3v) is 5.75. The molecule has 1 aromatic heterocycles. The molecule has 3 aromatic carbocycles. The fourth-order valence-electron chi connectivity index (χ4n) is 4.02. The second kappa shape index (κ2) is 9.16. The van der Waals surface area contributed by atoms with E-state index in [0.717, 1.165) is 17.2 Å². The predicted octanol–water partition coefficient (Wildman–Crippen LogP) is 3.66. The second-order valence-corrected chi connectivity index (χ2v) is 8.07. The van der Waals surface area contributed by atoms with Crippen molar-refractivity contribution in [1.29, 1.82) is 0 Å². The van der Waals surface area contributed by atoms with Gasteiger partial charge in [-0.3, -0.25) is 9.48 Å². The molecular weight excluding hydrogens is 416 g/mol. The molecule has 0 radical (unpaired) electrons. The molecule has 1 amide bonds. The molecule has 5 rings (SSSR count). The van der Waals surface area contributed by atoms with E-state index < -0.39 is 5.97 Å². The molecule has 0 bridgehead atoms. The first-order chi connectivity index (χ1) is 16.2. The predicted molar refractivity (Wildman–Crippen MR) is 126 cm³/mol. The maximum atomic E-state index is 12.7. The zero-order valence-electron chi connectivity index (χ0n) is 18.0. The van der Waals surface area contributed by atoms with E-state index in [-0.39, 0.29) is 18.6 Å². The van der Waals surface area contributed by atoms with Gasteiger partial charge in [-0.15, -0.1) is 0 Å². The third kappa shape index (κ3) is 4.57. The Morgan fingerprint density at radius 2 is 1.82 bits per heavy atom. The number of benzene rings is 3. The second-order valence-electron chi connectivity index (χ2n) is 8.07. The standard InChI is InChI=1S/C26H24N4O3/c31-25-24-23(16-30(29-24)14-13-18-7-2-1-3-8-18)27-15-20(28-25)17-33-26(32)22-12-6-10-19-9-4-5-11-21(19)22/h1-12,16,20,27H,13-15,17H2,(H,28,31)/t20-/m1/s1. The van der Waals surface area contributed by atoms with Gasteiger partial charge < -0.3 is 15.4 Å². The molecule has 0 saturated heterocycles. The molecule has 0 aliphatic carbocycles. The van der Waals surface area contributed by atoms with Gasteiger partial charge in [0, 0.05) is 19.3 Å². The van der Waals surface area contributed by atoms with Crippen LogP contribution in [0, 0.1) is 0 Å². The van der Waals surface area contributed by atoms with Crippen LogP contribution in [0.3, 0.4) is 0 Å². The summed E-state index contributed by atoms with van der Waals surface area (Å²) in [6, 6.07) is 23.0. The van der Waals surface area contributed by atoms with E-state index in [2.05, 4.69) is 27.9 Å². The maximum Gasteiger partial charge on any atom is 0.338 e. The van der Waals surface area contributed by atoms with Gasteiger partial charge in [0.2, 0.25) is 0 Å². The first-order valence-electron chi connectivity index (χ1n) is 11.0. The fourth-order valence-corrected chi connectivity index (χ4v) is 4.02. The van der Waals surface area contributed by atoms with Crippen LogP contribution < -0.4 is 10.6 Å². The summed E-state index contributed by atoms with van der Waals surface area (Å²) in [5, 5.41) is 12.4. The molecule has 1 atom stereocenters. The summed E-state index contributed by atoms with van der Waals surface area (Å²) < 4.78 is 7.33. The van der Waals surface area contributed by atoms with Crippen molar-refractivity contribution >= 4 is 28.3 Å². The van der Waals surface area contributed by atoms with Crippen molar-refractivity contribution in [2.75, 3.05) is 18.5 Å². The zero-order valence-corrected chi connectivity index (χ0v) is 18.0. The average molecular weight is 441 g/mol. The Kier molecular flexibility index (Phi) is 5.76. The lowest BCUT2D eigenvalue weighted by Crippen LogP contribution is -2.41. The molecule has 0 saturated carbocycles. The lowest BCUT2D eigenvalue weighted by molar-refractivity contribution is 0.0465. The Balaban J connectivity index is 1.20. The fraction of sp³-hybridized carbons (Fsp3) is 0.192. The quantitative estimate of drug-likeness (QED) is 0.447. The van der Waals surface area contributed by atoms with Crippen molar-refractivity contribution in [3.8, 4) is 0 Å². The summed E-state index contributed by atoms with van der Waals surface area (Å²) in [5.74, 6) is -0.686. The summed E-state index contributed by atoms with van der Waals surface area (Å²) >= 11 is 0. The number of aryl methyl sites for hydroxylation is 2. The minimum atomic E-state index is -0.408. The lowest BCUT2D eigenvalue weighted by atomic mass is 10.0. The van der Waals surface area contributed by atoms with Gasteiger partial charge in [-0.2, -0.15) is 5.10 Å². The Morgan fingerprint density at radius 1 is 1.03 bits per heavy atom. The van der Waals surface area contributed by atoms with Crippen molar-refractivity contribution in [3.05, 3.63) is 95.8 Å². The molecule has 1 aliphatic heterocycles. The Labute approximate surface area is 191 Å². The van der Waals surface area contributed by atoms with Crippen LogP contribution in [0.5, 0.6) is 0 Å². The number of carbonyl (C=O) groups excluding carboxylic acids is 2. The van der Waals surface area contributed by atoms with Crippen LogP contribution in [-0.2, 0) is 17.7 Å². The molecule has 7 nitrogen and oxygen atoms in total. The summed E-state index contributed by atoms with van der Waals surface area (Å²) in [6.07, 6.45) is 2.68. The normalized spacial score (nSPS) is 15.3. The number of aromatic nitrogens is 2. The van der Waals surface area contributed by atoms with Crippen molar-refractivity contribution in [2.24, 2.45) is 0 Å². The van der Waals surface area contributed by atoms with Crippen LogP contribution in [0.2, 0.25) is 0 Å². The van der Waals surface area contributed by atoms with Crippen molar-refractivity contribution in [3.63, 3.8) is 0 Å². The molecular formula is C26H24N4O3. The Morgan fingerprint density at radius 3 is 2.70 bits per heavy atom. The highest BCUT2D eigenvalue weighted by atomic mass is 16.5. The molecule has 2 heterocycles. The number of esters is 1. The van der Waals surface area contributed by atoms with Gasteiger partial charge in [0.25, 0.3) is 5.91 Å². The number of fused-ring (bicyclic) bond motifs is 2. The number of anilines is 1. The molecule has 0 unspecified atom stereocenters. The average Bonchev–Trinajstić information content (AvgIpc) is 3.21. The molecule has 7 heteroatoms. The summed E-state index contributed by atoms with van der Waals surface area (Å²) in [7, 11) is 0. The van der Waals surface area contributed by atoms with Crippen molar-refractivity contribution in [2.45, 2.75) is 19.0 Å². The van der Waals surface area contributed by atoms with Crippen molar-refractivity contribution in [1.82, 2.24) is 15.1 Å². The van der Waals surface area contributed by atoms with Gasteiger partial charge in [0.05, 0.1) is 17.3 Å².